The van der Waals surface area contributed by atoms with E-state index in [-0.39, 0.29) is 5.82 Å². The van der Waals surface area contributed by atoms with Gasteiger partial charge in [-0.2, -0.15) is 14.6 Å². The number of ether oxygens (including phenoxy) is 1. The van der Waals surface area contributed by atoms with Crippen LogP contribution in [0, 0.1) is 5.82 Å². The van der Waals surface area contributed by atoms with E-state index in [0.29, 0.717) is 24.0 Å². The molecule has 1 N–H and O–H groups in total. The van der Waals surface area contributed by atoms with Gasteiger partial charge in [-0.3, -0.25) is 0 Å². The monoisotopic (exact) mass is 412 g/mol. The van der Waals surface area contributed by atoms with Crippen molar-refractivity contribution in [1.29, 1.82) is 0 Å². The molecule has 0 saturated heterocycles. The van der Waals surface area contributed by atoms with E-state index in [0.717, 1.165) is 22.6 Å². The Bertz CT molecular complexity index is 1340. The summed E-state index contributed by atoms with van der Waals surface area (Å²) >= 11 is 0. The maximum absolute atomic E-state index is 13.5. The molecule has 2 aromatic carbocycles. The zero-order chi connectivity index (χ0) is 21.0. The Kier molecular flexibility index (Phi) is 4.94. The molecule has 0 unspecified atom stereocenters. The number of nitrogens with one attached hydrogen (secondary N) is 1. The summed E-state index contributed by atoms with van der Waals surface area (Å²) in [7, 11) is 0. The Morgan fingerprint density at radius 3 is 2.71 bits per heavy atom. The van der Waals surface area contributed by atoms with E-state index in [1.807, 2.05) is 48.5 Å². The number of aromatic nitrogens is 5. The van der Waals surface area contributed by atoms with Crippen molar-refractivity contribution < 1.29 is 9.13 Å². The van der Waals surface area contributed by atoms with Gasteiger partial charge in [-0.05, 0) is 18.2 Å². The van der Waals surface area contributed by atoms with Crippen LogP contribution in [0.1, 0.15) is 5.56 Å². The highest BCUT2D eigenvalue weighted by molar-refractivity contribution is 5.65. The molecule has 5 rings (SSSR count). The van der Waals surface area contributed by atoms with Gasteiger partial charge >= 0.3 is 0 Å². The van der Waals surface area contributed by atoms with Gasteiger partial charge in [0.25, 0.3) is 5.78 Å². The fourth-order valence-corrected chi connectivity index (χ4v) is 3.17. The zero-order valence-electron chi connectivity index (χ0n) is 16.3. The first kappa shape index (κ1) is 18.7. The minimum atomic E-state index is -0.369. The number of anilines is 1. The molecule has 152 valence electrons. The van der Waals surface area contributed by atoms with Gasteiger partial charge in [0.1, 0.15) is 23.7 Å². The largest absolute Gasteiger partial charge is 0.439 e. The summed E-state index contributed by atoms with van der Waals surface area (Å²) in [6.07, 6.45) is 3.10. The number of halogens is 1. The zero-order valence-corrected chi connectivity index (χ0v) is 16.3. The quantitative estimate of drug-likeness (QED) is 0.434. The second-order valence-corrected chi connectivity index (χ2v) is 6.75. The lowest BCUT2D eigenvalue weighted by atomic mass is 10.1. The second kappa shape index (κ2) is 8.19. The predicted molar refractivity (Wildman–Crippen MR) is 114 cm³/mol. The molecular formula is C23H17FN6O. The summed E-state index contributed by atoms with van der Waals surface area (Å²) < 4.78 is 20.9. The molecule has 3 heterocycles. The number of benzene rings is 2. The topological polar surface area (TPSA) is 77.2 Å². The van der Waals surface area contributed by atoms with Gasteiger partial charge in [-0.1, -0.05) is 42.5 Å². The van der Waals surface area contributed by atoms with E-state index in [1.54, 1.807) is 22.8 Å². The van der Waals surface area contributed by atoms with Gasteiger partial charge < -0.3 is 10.1 Å². The average Bonchev–Trinajstić information content (AvgIpc) is 3.28. The van der Waals surface area contributed by atoms with E-state index < -0.39 is 0 Å². The summed E-state index contributed by atoms with van der Waals surface area (Å²) in [5.41, 5.74) is 2.57. The van der Waals surface area contributed by atoms with Gasteiger partial charge in [0.05, 0.1) is 5.69 Å². The third-order valence-electron chi connectivity index (χ3n) is 4.64. The molecule has 0 radical (unpaired) electrons. The van der Waals surface area contributed by atoms with Crippen molar-refractivity contribution >= 4 is 11.6 Å². The van der Waals surface area contributed by atoms with Crippen molar-refractivity contribution in [3.8, 4) is 22.9 Å². The molecule has 0 aliphatic carbocycles. The van der Waals surface area contributed by atoms with Gasteiger partial charge in [0.15, 0.2) is 0 Å². The lowest BCUT2D eigenvalue weighted by molar-refractivity contribution is 0.452. The minimum absolute atomic E-state index is 0.369. The fraction of sp³-hybridized carbons (Fsp3) is 0.0435. The number of rotatable bonds is 6. The molecule has 8 heteroatoms. The molecule has 0 atom stereocenters. The van der Waals surface area contributed by atoms with Crippen molar-refractivity contribution in [2.75, 3.05) is 5.32 Å². The molecule has 0 aliphatic heterocycles. The number of fused-ring (bicyclic) bond motifs is 1. The van der Waals surface area contributed by atoms with Crippen LogP contribution in [0.4, 0.5) is 10.2 Å². The van der Waals surface area contributed by atoms with Crippen LogP contribution in [0.15, 0.2) is 85.3 Å². The Morgan fingerprint density at radius 1 is 0.935 bits per heavy atom. The Balaban J connectivity index is 1.43. The number of pyridine rings is 1. The van der Waals surface area contributed by atoms with Crippen molar-refractivity contribution in [1.82, 2.24) is 24.6 Å². The van der Waals surface area contributed by atoms with Crippen LogP contribution in [-0.2, 0) is 6.54 Å². The molecule has 3 aromatic heterocycles. The molecule has 0 amide bonds. The smallest absolute Gasteiger partial charge is 0.254 e. The van der Waals surface area contributed by atoms with E-state index in [9.17, 15) is 4.39 Å². The van der Waals surface area contributed by atoms with E-state index in [2.05, 4.69) is 25.4 Å². The van der Waals surface area contributed by atoms with E-state index in [1.165, 1.54) is 18.5 Å². The Hall–Kier alpha value is -4.33. The molecule has 5 aromatic rings. The van der Waals surface area contributed by atoms with Crippen LogP contribution in [0.5, 0.6) is 11.6 Å². The van der Waals surface area contributed by atoms with Crippen LogP contribution < -0.4 is 10.1 Å². The molecule has 0 bridgehead atoms. The molecule has 31 heavy (non-hydrogen) atoms. The second-order valence-electron chi connectivity index (χ2n) is 6.75. The van der Waals surface area contributed by atoms with Crippen LogP contribution >= 0.6 is 0 Å². The molecule has 0 saturated carbocycles. The SMILES string of the molecule is Fc1cccc(Oc2ncccc2CNc2cc(-c3ccccc3)nc3ncnn23)c1. The minimum Gasteiger partial charge on any atom is -0.439 e. The number of hydrogen-bond donors (Lipinski definition) is 1. The molecule has 0 aliphatic rings. The van der Waals surface area contributed by atoms with Crippen molar-refractivity contribution in [3.63, 3.8) is 0 Å². The van der Waals surface area contributed by atoms with Gasteiger partial charge in [-0.15, -0.1) is 0 Å². The number of nitrogens with zero attached hydrogens (tertiary/aromatic N) is 5. The normalized spacial score (nSPS) is 10.9. The molecular weight excluding hydrogens is 395 g/mol. The first-order valence-corrected chi connectivity index (χ1v) is 9.64. The van der Waals surface area contributed by atoms with E-state index in [4.69, 9.17) is 4.74 Å². The summed E-state index contributed by atoms with van der Waals surface area (Å²) in [5, 5.41) is 7.62. The molecule has 0 fully saturated rings. The molecule has 7 nitrogen and oxygen atoms in total. The van der Waals surface area contributed by atoms with E-state index >= 15 is 0 Å². The third kappa shape index (κ3) is 4.04. The fourth-order valence-electron chi connectivity index (χ4n) is 3.17. The number of hydrogen-bond acceptors (Lipinski definition) is 6. The Labute approximate surface area is 177 Å². The molecule has 0 spiro atoms. The lowest BCUT2D eigenvalue weighted by Gasteiger charge is -2.13. The van der Waals surface area contributed by atoms with Crippen molar-refractivity contribution in [3.05, 3.63) is 96.7 Å². The van der Waals surface area contributed by atoms with Gasteiger partial charge in [-0.25, -0.2) is 14.4 Å². The first-order chi connectivity index (χ1) is 15.3. The highest BCUT2D eigenvalue weighted by Gasteiger charge is 2.11. The standard InChI is InChI=1S/C23H17FN6O/c24-18-9-4-10-19(12-18)31-22-17(8-5-11-25-22)14-26-21-13-20(16-6-2-1-3-7-16)29-23-27-15-28-30(21)23/h1-13,15,26H,14H2. The van der Waals surface area contributed by atoms with Crippen molar-refractivity contribution in [2.45, 2.75) is 6.54 Å². The summed E-state index contributed by atoms with van der Waals surface area (Å²) in [6, 6.07) is 21.5. The maximum atomic E-state index is 13.5. The first-order valence-electron chi connectivity index (χ1n) is 9.64. The lowest BCUT2D eigenvalue weighted by Crippen LogP contribution is -2.08. The average molecular weight is 412 g/mol. The summed E-state index contributed by atoms with van der Waals surface area (Å²) in [6.45, 7) is 0.408. The summed E-state index contributed by atoms with van der Waals surface area (Å²) in [5.74, 6) is 1.63. The Morgan fingerprint density at radius 2 is 1.84 bits per heavy atom. The van der Waals surface area contributed by atoms with Crippen LogP contribution in [0.25, 0.3) is 17.0 Å². The highest BCUT2D eigenvalue weighted by Crippen LogP contribution is 2.25. The van der Waals surface area contributed by atoms with Crippen LogP contribution in [0.2, 0.25) is 0 Å². The van der Waals surface area contributed by atoms with Gasteiger partial charge in [0, 0.05) is 36.0 Å². The third-order valence-corrected chi connectivity index (χ3v) is 4.64. The summed E-state index contributed by atoms with van der Waals surface area (Å²) in [4.78, 5) is 13.1. The van der Waals surface area contributed by atoms with Gasteiger partial charge in [0.2, 0.25) is 5.88 Å². The van der Waals surface area contributed by atoms with Crippen LogP contribution in [-0.4, -0.2) is 24.6 Å². The van der Waals surface area contributed by atoms with Crippen LogP contribution in [0.3, 0.4) is 0 Å². The maximum Gasteiger partial charge on any atom is 0.254 e. The highest BCUT2D eigenvalue weighted by atomic mass is 19.1. The predicted octanol–water partition coefficient (Wildman–Crippen LogP) is 4.73. The van der Waals surface area contributed by atoms with Crippen molar-refractivity contribution in [2.24, 2.45) is 0 Å².